The summed E-state index contributed by atoms with van der Waals surface area (Å²) in [7, 11) is 0. The van der Waals surface area contributed by atoms with Gasteiger partial charge in [0, 0.05) is 57.2 Å². The van der Waals surface area contributed by atoms with Gasteiger partial charge in [0.2, 0.25) is 17.8 Å². The molecule has 2 aliphatic heterocycles. The summed E-state index contributed by atoms with van der Waals surface area (Å²) < 4.78 is 32.5. The third-order valence-electron chi connectivity index (χ3n) is 5.68. The monoisotopic (exact) mass is 488 g/mol. The highest BCUT2D eigenvalue weighted by molar-refractivity contribution is 6.32. The largest absolute Gasteiger partial charge is 0.378 e. The van der Waals surface area contributed by atoms with E-state index in [0.29, 0.717) is 75.1 Å². The molecule has 0 unspecified atom stereocenters. The number of nitrogens with zero attached hydrogens (tertiary/aromatic N) is 7. The zero-order chi connectivity index (χ0) is 23.5. The molecule has 1 N–H and O–H groups in total. The molecule has 0 spiro atoms. The average Bonchev–Trinajstić information content (AvgIpc) is 2.87. The van der Waals surface area contributed by atoms with E-state index in [1.54, 1.807) is 6.20 Å². The van der Waals surface area contributed by atoms with E-state index in [1.807, 2.05) is 17.0 Å². The first-order chi connectivity index (χ1) is 16.6. The molecule has 5 rings (SSSR count). The van der Waals surface area contributed by atoms with E-state index >= 15 is 0 Å². The maximum Gasteiger partial charge on any atom is 0.233 e. The SMILES string of the molecule is Fc1ccc(Nc2nc(N3CCOCC3)nc(N3CCN(c4ncccc4Cl)CC3)n2)cc1F. The number of morpholine rings is 1. The molecule has 4 heterocycles. The summed E-state index contributed by atoms with van der Waals surface area (Å²) >= 11 is 6.31. The minimum absolute atomic E-state index is 0.257. The Labute approximate surface area is 200 Å². The summed E-state index contributed by atoms with van der Waals surface area (Å²) in [6.07, 6.45) is 1.73. The fourth-order valence-electron chi connectivity index (χ4n) is 3.89. The highest BCUT2D eigenvalue weighted by atomic mass is 35.5. The van der Waals surface area contributed by atoms with Crippen LogP contribution < -0.4 is 20.0 Å². The summed E-state index contributed by atoms with van der Waals surface area (Å²) in [5.74, 6) is 0.169. The second-order valence-electron chi connectivity index (χ2n) is 7.90. The second-order valence-corrected chi connectivity index (χ2v) is 8.30. The summed E-state index contributed by atoms with van der Waals surface area (Å²) in [5, 5.41) is 3.60. The van der Waals surface area contributed by atoms with E-state index in [2.05, 4.69) is 30.1 Å². The predicted octanol–water partition coefficient (Wildman–Crippen LogP) is 3.11. The van der Waals surface area contributed by atoms with Crippen molar-refractivity contribution in [3.05, 3.63) is 53.2 Å². The van der Waals surface area contributed by atoms with Crippen molar-refractivity contribution in [3.63, 3.8) is 0 Å². The first kappa shape index (κ1) is 22.5. The number of benzene rings is 1. The maximum absolute atomic E-state index is 13.7. The molecule has 9 nitrogen and oxygen atoms in total. The van der Waals surface area contributed by atoms with Crippen molar-refractivity contribution in [1.29, 1.82) is 0 Å². The van der Waals surface area contributed by atoms with E-state index in [9.17, 15) is 8.78 Å². The van der Waals surface area contributed by atoms with Gasteiger partial charge >= 0.3 is 0 Å². The van der Waals surface area contributed by atoms with Crippen molar-refractivity contribution in [1.82, 2.24) is 19.9 Å². The van der Waals surface area contributed by atoms with Crippen LogP contribution in [0.1, 0.15) is 0 Å². The molecule has 0 atom stereocenters. The predicted molar refractivity (Wildman–Crippen MR) is 126 cm³/mol. The Hall–Kier alpha value is -3.31. The summed E-state index contributed by atoms with van der Waals surface area (Å²) in [5.41, 5.74) is 0.346. The first-order valence-electron chi connectivity index (χ1n) is 11.0. The zero-order valence-corrected chi connectivity index (χ0v) is 19.0. The van der Waals surface area contributed by atoms with Crippen LogP contribution in [0.3, 0.4) is 0 Å². The highest BCUT2D eigenvalue weighted by Crippen LogP contribution is 2.26. The Morgan fingerprint density at radius 1 is 0.824 bits per heavy atom. The van der Waals surface area contributed by atoms with Gasteiger partial charge in [0.05, 0.1) is 18.2 Å². The van der Waals surface area contributed by atoms with Crippen LogP contribution in [-0.2, 0) is 4.74 Å². The number of anilines is 5. The number of piperazine rings is 1. The van der Waals surface area contributed by atoms with Gasteiger partial charge in [-0.25, -0.2) is 13.8 Å². The third kappa shape index (κ3) is 4.95. The van der Waals surface area contributed by atoms with Crippen LogP contribution in [-0.4, -0.2) is 72.4 Å². The molecule has 0 radical (unpaired) electrons. The molecule has 0 amide bonds. The second kappa shape index (κ2) is 9.90. The fourth-order valence-corrected chi connectivity index (χ4v) is 4.13. The normalized spacial score (nSPS) is 16.6. The Morgan fingerprint density at radius 3 is 2.18 bits per heavy atom. The lowest BCUT2D eigenvalue weighted by Crippen LogP contribution is -2.47. The lowest BCUT2D eigenvalue weighted by atomic mass is 10.3. The molecule has 3 aromatic rings. The zero-order valence-electron chi connectivity index (χ0n) is 18.3. The number of pyridine rings is 1. The van der Waals surface area contributed by atoms with Crippen LogP contribution in [0.15, 0.2) is 36.5 Å². The van der Waals surface area contributed by atoms with Gasteiger partial charge in [0.1, 0.15) is 5.82 Å². The minimum atomic E-state index is -0.947. The lowest BCUT2D eigenvalue weighted by Gasteiger charge is -2.36. The molecule has 2 aromatic heterocycles. The van der Waals surface area contributed by atoms with E-state index in [4.69, 9.17) is 21.3 Å². The Bertz CT molecular complexity index is 1160. The Morgan fingerprint density at radius 2 is 1.50 bits per heavy atom. The number of rotatable bonds is 5. The van der Waals surface area contributed by atoms with Crippen LogP contribution in [0.25, 0.3) is 0 Å². The summed E-state index contributed by atoms with van der Waals surface area (Å²) in [6.45, 7) is 5.17. The van der Waals surface area contributed by atoms with Gasteiger partial charge in [-0.1, -0.05) is 11.6 Å². The topological polar surface area (TPSA) is 82.5 Å². The van der Waals surface area contributed by atoms with Crippen molar-refractivity contribution in [2.24, 2.45) is 0 Å². The van der Waals surface area contributed by atoms with Gasteiger partial charge in [-0.3, -0.25) is 0 Å². The standard InChI is InChI=1S/C22H23ClF2N8O/c23-16-2-1-5-26-19(16)31-6-8-32(9-7-31)21-28-20(27-15-3-4-17(24)18(25)14-15)29-22(30-21)33-10-12-34-13-11-33/h1-5,14H,6-13H2,(H,27,28,29,30). The average molecular weight is 489 g/mol. The summed E-state index contributed by atoms with van der Waals surface area (Å²) in [6, 6.07) is 7.20. The molecular formula is C22H23ClF2N8O. The molecule has 1 aromatic carbocycles. The number of ether oxygens (including phenoxy) is 1. The summed E-state index contributed by atoms with van der Waals surface area (Å²) in [4.78, 5) is 24.4. The molecule has 178 valence electrons. The molecule has 34 heavy (non-hydrogen) atoms. The van der Waals surface area contributed by atoms with Crippen LogP contribution in [0, 0.1) is 11.6 Å². The number of aromatic nitrogens is 4. The van der Waals surface area contributed by atoms with Crippen molar-refractivity contribution < 1.29 is 13.5 Å². The molecule has 0 aliphatic carbocycles. The van der Waals surface area contributed by atoms with Crippen molar-refractivity contribution in [3.8, 4) is 0 Å². The quantitative estimate of drug-likeness (QED) is 0.582. The number of halogens is 3. The Balaban J connectivity index is 1.39. The van der Waals surface area contributed by atoms with Crippen molar-refractivity contribution >= 4 is 41.0 Å². The van der Waals surface area contributed by atoms with Gasteiger partial charge in [-0.05, 0) is 24.3 Å². The van der Waals surface area contributed by atoms with Crippen LogP contribution in [0.2, 0.25) is 5.02 Å². The smallest absolute Gasteiger partial charge is 0.233 e. The van der Waals surface area contributed by atoms with E-state index in [1.165, 1.54) is 6.07 Å². The number of hydrogen-bond acceptors (Lipinski definition) is 9. The molecule has 12 heteroatoms. The fraction of sp³-hybridized carbons (Fsp3) is 0.364. The minimum Gasteiger partial charge on any atom is -0.378 e. The number of nitrogens with one attached hydrogen (secondary N) is 1. The molecule has 2 saturated heterocycles. The first-order valence-corrected chi connectivity index (χ1v) is 11.4. The van der Waals surface area contributed by atoms with Crippen molar-refractivity contribution in [2.75, 3.05) is 72.5 Å². The lowest BCUT2D eigenvalue weighted by molar-refractivity contribution is 0.122. The van der Waals surface area contributed by atoms with Gasteiger partial charge in [0.15, 0.2) is 11.6 Å². The van der Waals surface area contributed by atoms with Crippen molar-refractivity contribution in [2.45, 2.75) is 0 Å². The van der Waals surface area contributed by atoms with Gasteiger partial charge in [-0.2, -0.15) is 15.0 Å². The van der Waals surface area contributed by atoms with Gasteiger partial charge in [0.25, 0.3) is 0 Å². The Kier molecular flexibility index (Phi) is 6.54. The van der Waals surface area contributed by atoms with Crippen LogP contribution in [0.5, 0.6) is 0 Å². The van der Waals surface area contributed by atoms with Gasteiger partial charge < -0.3 is 24.8 Å². The van der Waals surface area contributed by atoms with E-state index in [-0.39, 0.29) is 5.95 Å². The molecule has 2 aliphatic rings. The van der Waals surface area contributed by atoms with Crippen LogP contribution >= 0.6 is 11.6 Å². The van der Waals surface area contributed by atoms with E-state index in [0.717, 1.165) is 18.0 Å². The van der Waals surface area contributed by atoms with E-state index < -0.39 is 11.6 Å². The molecule has 0 bridgehead atoms. The van der Waals surface area contributed by atoms with Gasteiger partial charge in [-0.15, -0.1) is 0 Å². The maximum atomic E-state index is 13.7. The third-order valence-corrected chi connectivity index (χ3v) is 5.98. The number of hydrogen-bond donors (Lipinski definition) is 1. The molecule has 2 fully saturated rings. The van der Waals surface area contributed by atoms with Crippen LogP contribution in [0.4, 0.5) is 38.1 Å². The molecular weight excluding hydrogens is 466 g/mol. The highest BCUT2D eigenvalue weighted by Gasteiger charge is 2.24. The molecule has 0 saturated carbocycles.